The molecule has 1 aromatic carbocycles. The van der Waals surface area contributed by atoms with E-state index in [0.717, 1.165) is 6.42 Å². The first-order chi connectivity index (χ1) is 10.2. The summed E-state index contributed by atoms with van der Waals surface area (Å²) in [5.41, 5.74) is 1.18. The van der Waals surface area contributed by atoms with E-state index >= 15 is 0 Å². The van der Waals surface area contributed by atoms with Gasteiger partial charge in [0, 0.05) is 0 Å². The fourth-order valence-corrected chi connectivity index (χ4v) is 2.49. The largest absolute Gasteiger partial charge is 0.481 e. The van der Waals surface area contributed by atoms with Gasteiger partial charge in [0.1, 0.15) is 0 Å². The molecule has 0 aliphatic carbocycles. The van der Waals surface area contributed by atoms with Crippen molar-refractivity contribution in [2.45, 2.75) is 44.2 Å². The Morgan fingerprint density at radius 1 is 1.33 bits per heavy atom. The van der Waals surface area contributed by atoms with E-state index in [-0.39, 0.29) is 25.0 Å². The van der Waals surface area contributed by atoms with Crippen molar-refractivity contribution in [3.63, 3.8) is 0 Å². The molecule has 1 aliphatic rings. The Bertz CT molecular complexity index is 502. The van der Waals surface area contributed by atoms with Crippen molar-refractivity contribution < 1.29 is 19.2 Å². The Morgan fingerprint density at radius 2 is 2.05 bits per heavy atom. The summed E-state index contributed by atoms with van der Waals surface area (Å²) in [6.07, 6.45) is 1.51. The molecule has 0 amide bonds. The third-order valence-corrected chi connectivity index (χ3v) is 3.45. The van der Waals surface area contributed by atoms with Gasteiger partial charge in [-0.05, 0) is 24.7 Å². The van der Waals surface area contributed by atoms with E-state index in [2.05, 4.69) is 6.07 Å². The van der Waals surface area contributed by atoms with Crippen LogP contribution in [0.4, 0.5) is 0 Å². The molecule has 2 unspecified atom stereocenters. The summed E-state index contributed by atoms with van der Waals surface area (Å²) in [5.74, 6) is -0.889. The van der Waals surface area contributed by atoms with Gasteiger partial charge in [-0.1, -0.05) is 30.3 Å². The van der Waals surface area contributed by atoms with Gasteiger partial charge in [0.2, 0.25) is 0 Å². The Hall–Kier alpha value is -1.84. The second kappa shape index (κ2) is 7.82. The fraction of sp³-hybridized carbons (Fsp3) is 0.467. The van der Waals surface area contributed by atoms with Crippen LogP contribution < -0.4 is 0 Å². The fourth-order valence-electron chi connectivity index (χ4n) is 2.49. The molecule has 1 N–H and O–H groups in total. The maximum Gasteiger partial charge on any atom is 0.457 e. The summed E-state index contributed by atoms with van der Waals surface area (Å²) in [6.45, 7) is 0. The zero-order chi connectivity index (χ0) is 15.1. The van der Waals surface area contributed by atoms with Crippen LogP contribution in [-0.4, -0.2) is 30.4 Å². The highest BCUT2D eigenvalue weighted by molar-refractivity contribution is 6.44. The predicted molar refractivity (Wildman–Crippen MR) is 77.6 cm³/mol. The molecular weight excluding hydrogens is 269 g/mol. The van der Waals surface area contributed by atoms with E-state index in [9.17, 15) is 4.79 Å². The highest BCUT2D eigenvalue weighted by atomic mass is 16.6. The van der Waals surface area contributed by atoms with Gasteiger partial charge in [-0.2, -0.15) is 5.26 Å². The van der Waals surface area contributed by atoms with Crippen molar-refractivity contribution >= 4 is 13.1 Å². The minimum Gasteiger partial charge on any atom is -0.481 e. The van der Waals surface area contributed by atoms with Crippen molar-refractivity contribution in [3.8, 4) is 6.07 Å². The average Bonchev–Trinajstić information content (AvgIpc) is 2.46. The molecule has 1 saturated heterocycles. The van der Waals surface area contributed by atoms with Crippen LogP contribution in [-0.2, 0) is 20.5 Å². The van der Waals surface area contributed by atoms with E-state index in [1.165, 1.54) is 5.56 Å². The normalized spacial score (nSPS) is 21.8. The highest BCUT2D eigenvalue weighted by Crippen LogP contribution is 2.23. The van der Waals surface area contributed by atoms with Crippen molar-refractivity contribution in [1.82, 2.24) is 0 Å². The monoisotopic (exact) mass is 287 g/mol. The van der Waals surface area contributed by atoms with Crippen molar-refractivity contribution in [1.29, 1.82) is 5.26 Å². The Balaban J connectivity index is 1.90. The molecule has 0 radical (unpaired) electrons. The molecule has 2 atom stereocenters. The number of nitriles is 1. The first-order valence-corrected chi connectivity index (χ1v) is 7.11. The van der Waals surface area contributed by atoms with Crippen molar-refractivity contribution in [2.75, 3.05) is 0 Å². The van der Waals surface area contributed by atoms with Crippen LogP contribution >= 0.6 is 0 Å². The van der Waals surface area contributed by atoms with Crippen LogP contribution in [0.25, 0.3) is 0 Å². The zero-order valence-corrected chi connectivity index (χ0v) is 11.8. The molecule has 5 nitrogen and oxygen atoms in total. The maximum atomic E-state index is 10.8. The van der Waals surface area contributed by atoms with Crippen molar-refractivity contribution in [3.05, 3.63) is 35.9 Å². The van der Waals surface area contributed by atoms with Crippen LogP contribution in [0, 0.1) is 11.3 Å². The Morgan fingerprint density at radius 3 is 2.71 bits per heavy atom. The minimum absolute atomic E-state index is 0.0485. The van der Waals surface area contributed by atoms with Gasteiger partial charge < -0.3 is 14.4 Å². The smallest absolute Gasteiger partial charge is 0.457 e. The van der Waals surface area contributed by atoms with E-state index in [1.54, 1.807) is 0 Å². The molecule has 21 heavy (non-hydrogen) atoms. The van der Waals surface area contributed by atoms with Gasteiger partial charge in [-0.25, -0.2) is 0 Å². The van der Waals surface area contributed by atoms with Gasteiger partial charge in [0.15, 0.2) is 0 Å². The molecular formula is C15H18BNO4. The second-order valence-electron chi connectivity index (χ2n) is 5.17. The molecule has 1 heterocycles. The van der Waals surface area contributed by atoms with Crippen LogP contribution in [0.15, 0.2) is 30.3 Å². The number of hydrogen-bond acceptors (Lipinski definition) is 4. The summed E-state index contributed by atoms with van der Waals surface area (Å²) in [7, 11) is -0.443. The molecule has 1 aliphatic heterocycles. The number of aryl methyl sites for hydroxylation is 1. The lowest BCUT2D eigenvalue weighted by Crippen LogP contribution is -2.42. The minimum atomic E-state index is -0.889. The molecule has 110 valence electrons. The molecule has 1 fully saturated rings. The van der Waals surface area contributed by atoms with Crippen LogP contribution in [0.5, 0.6) is 0 Å². The number of hydrogen-bond donors (Lipinski definition) is 1. The van der Waals surface area contributed by atoms with Gasteiger partial charge in [0.25, 0.3) is 0 Å². The topological polar surface area (TPSA) is 79.6 Å². The number of aliphatic carboxylic acids is 1. The lowest BCUT2D eigenvalue weighted by atomic mass is 9.78. The van der Waals surface area contributed by atoms with Gasteiger partial charge >= 0.3 is 13.1 Å². The van der Waals surface area contributed by atoms with Crippen LogP contribution in [0.1, 0.15) is 24.8 Å². The lowest BCUT2D eigenvalue weighted by Gasteiger charge is -2.32. The molecule has 0 bridgehead atoms. The van der Waals surface area contributed by atoms with E-state index in [0.29, 0.717) is 12.7 Å². The average molecular weight is 287 g/mol. The Kier molecular flexibility index (Phi) is 5.79. The number of carboxylic acids is 1. The first kappa shape index (κ1) is 15.6. The number of nitrogens with zero attached hydrogens (tertiary/aromatic N) is 1. The zero-order valence-electron chi connectivity index (χ0n) is 11.8. The highest BCUT2D eigenvalue weighted by Gasteiger charge is 2.34. The predicted octanol–water partition coefficient (Wildman–Crippen LogP) is 2.28. The molecule has 0 spiro atoms. The van der Waals surface area contributed by atoms with E-state index in [1.807, 2.05) is 30.3 Å². The third-order valence-electron chi connectivity index (χ3n) is 3.45. The van der Waals surface area contributed by atoms with Crippen molar-refractivity contribution in [2.24, 2.45) is 0 Å². The standard InChI is InChI=1S/C15H18BNO4/c17-9-7-13-10-14(11-15(18)19)21-16(20-13)8-6-12-4-2-1-3-5-12/h1-5,13-14H,6-8,10-11H2,(H,18,19). The molecule has 0 aromatic heterocycles. The SMILES string of the molecule is N#CCC1CC(CC(=O)O)OB(CCc2ccccc2)O1. The van der Waals surface area contributed by atoms with Gasteiger partial charge in [-0.15, -0.1) is 0 Å². The second-order valence-corrected chi connectivity index (χ2v) is 5.17. The summed E-state index contributed by atoms with van der Waals surface area (Å²) in [5, 5.41) is 17.7. The Labute approximate surface area is 124 Å². The van der Waals surface area contributed by atoms with Crippen LogP contribution in [0.3, 0.4) is 0 Å². The molecule has 2 rings (SSSR count). The summed E-state index contributed by atoms with van der Waals surface area (Å²) in [4.78, 5) is 10.8. The number of benzene rings is 1. The summed E-state index contributed by atoms with van der Waals surface area (Å²) in [6, 6.07) is 12.1. The van der Waals surface area contributed by atoms with Gasteiger partial charge in [0.05, 0.1) is 31.1 Å². The number of carboxylic acid groups (broad SMARTS) is 1. The van der Waals surface area contributed by atoms with Crippen LogP contribution in [0.2, 0.25) is 6.32 Å². The maximum absolute atomic E-state index is 10.8. The number of rotatable bonds is 6. The molecule has 6 heteroatoms. The quantitative estimate of drug-likeness (QED) is 0.812. The summed E-state index contributed by atoms with van der Waals surface area (Å²) >= 11 is 0. The van der Waals surface area contributed by atoms with E-state index < -0.39 is 13.1 Å². The first-order valence-electron chi connectivity index (χ1n) is 7.11. The number of carbonyl (C=O) groups is 1. The third kappa shape index (κ3) is 5.22. The van der Waals surface area contributed by atoms with Gasteiger partial charge in [-0.3, -0.25) is 4.79 Å². The lowest BCUT2D eigenvalue weighted by molar-refractivity contribution is -0.140. The van der Waals surface area contributed by atoms with E-state index in [4.69, 9.17) is 19.7 Å². The summed E-state index contributed by atoms with van der Waals surface area (Å²) < 4.78 is 11.4. The molecule has 1 aromatic rings. The molecule has 0 saturated carbocycles.